The molecule has 0 aliphatic heterocycles. The highest BCUT2D eigenvalue weighted by Gasteiger charge is 2.14. The number of hydrogen-bond acceptors (Lipinski definition) is 3. The topological polar surface area (TPSA) is 52.3 Å². The van der Waals surface area contributed by atoms with Gasteiger partial charge < -0.3 is 10.5 Å². The number of ether oxygens (including phenoxy) is 1. The van der Waals surface area contributed by atoms with Gasteiger partial charge in [0, 0.05) is 24.6 Å². The summed E-state index contributed by atoms with van der Waals surface area (Å²) in [4.78, 5) is 11.9. The average Bonchev–Trinajstić information content (AvgIpc) is 2.32. The van der Waals surface area contributed by atoms with Crippen molar-refractivity contribution in [3.63, 3.8) is 0 Å². The zero-order chi connectivity index (χ0) is 12.7. The van der Waals surface area contributed by atoms with Crippen LogP contribution in [-0.2, 0) is 16.0 Å². The lowest BCUT2D eigenvalue weighted by molar-refractivity contribution is -0.119. The standard InChI is InChI=1S/C13H18BrNO2/c1-17-8-4-7-12(15)13(16)9-10-5-2-3-6-11(10)14/h2-3,5-6,12H,4,7-9,15H2,1H3. The maximum Gasteiger partial charge on any atom is 0.153 e. The molecule has 3 nitrogen and oxygen atoms in total. The predicted molar refractivity (Wildman–Crippen MR) is 71.9 cm³/mol. The number of rotatable bonds is 7. The van der Waals surface area contributed by atoms with Gasteiger partial charge in [0.1, 0.15) is 0 Å². The van der Waals surface area contributed by atoms with E-state index >= 15 is 0 Å². The molecule has 0 radical (unpaired) electrons. The number of benzene rings is 1. The minimum atomic E-state index is -0.391. The van der Waals surface area contributed by atoms with Crippen LogP contribution in [0.1, 0.15) is 18.4 Å². The smallest absolute Gasteiger partial charge is 0.153 e. The van der Waals surface area contributed by atoms with Gasteiger partial charge in [-0.3, -0.25) is 4.79 Å². The molecule has 2 N–H and O–H groups in total. The minimum absolute atomic E-state index is 0.0769. The van der Waals surface area contributed by atoms with E-state index in [1.54, 1.807) is 7.11 Å². The summed E-state index contributed by atoms with van der Waals surface area (Å²) in [5, 5.41) is 0. The van der Waals surface area contributed by atoms with Gasteiger partial charge >= 0.3 is 0 Å². The van der Waals surface area contributed by atoms with Crippen molar-refractivity contribution in [2.45, 2.75) is 25.3 Å². The number of Topliss-reactive ketones (excluding diaryl/α,β-unsaturated/α-hetero) is 1. The molecule has 0 heterocycles. The van der Waals surface area contributed by atoms with Crippen molar-refractivity contribution >= 4 is 21.7 Å². The highest BCUT2D eigenvalue weighted by Crippen LogP contribution is 2.17. The van der Waals surface area contributed by atoms with Gasteiger partial charge in [-0.1, -0.05) is 34.1 Å². The van der Waals surface area contributed by atoms with E-state index < -0.39 is 6.04 Å². The van der Waals surface area contributed by atoms with Crippen molar-refractivity contribution in [1.29, 1.82) is 0 Å². The second-order valence-corrected chi connectivity index (χ2v) is 4.83. The van der Waals surface area contributed by atoms with E-state index in [0.717, 1.165) is 16.5 Å². The van der Waals surface area contributed by atoms with E-state index in [-0.39, 0.29) is 5.78 Å². The van der Waals surface area contributed by atoms with Crippen LogP contribution in [0.3, 0.4) is 0 Å². The Balaban J connectivity index is 2.46. The van der Waals surface area contributed by atoms with Crippen molar-refractivity contribution < 1.29 is 9.53 Å². The molecule has 1 unspecified atom stereocenters. The second-order valence-electron chi connectivity index (χ2n) is 3.98. The largest absolute Gasteiger partial charge is 0.385 e. The molecule has 1 rings (SSSR count). The predicted octanol–water partition coefficient (Wildman–Crippen LogP) is 2.31. The number of ketones is 1. The van der Waals surface area contributed by atoms with Gasteiger partial charge in [-0.15, -0.1) is 0 Å². The number of carbonyl (C=O) groups is 1. The molecule has 94 valence electrons. The molecule has 0 aliphatic rings. The summed E-state index contributed by atoms with van der Waals surface area (Å²) in [7, 11) is 1.65. The number of methoxy groups -OCH3 is 1. The molecular weight excluding hydrogens is 282 g/mol. The highest BCUT2D eigenvalue weighted by atomic mass is 79.9. The first-order chi connectivity index (χ1) is 8.15. The van der Waals surface area contributed by atoms with E-state index in [1.165, 1.54) is 0 Å². The molecule has 1 atom stereocenters. The molecular formula is C13H18BrNO2. The van der Waals surface area contributed by atoms with Crippen LogP contribution >= 0.6 is 15.9 Å². The molecule has 0 bridgehead atoms. The molecule has 0 saturated heterocycles. The van der Waals surface area contributed by atoms with Gasteiger partial charge in [-0.25, -0.2) is 0 Å². The summed E-state index contributed by atoms with van der Waals surface area (Å²) in [6.07, 6.45) is 1.88. The zero-order valence-corrected chi connectivity index (χ0v) is 11.6. The Morgan fingerprint density at radius 3 is 2.82 bits per heavy atom. The van der Waals surface area contributed by atoms with Crippen molar-refractivity contribution in [2.75, 3.05) is 13.7 Å². The lowest BCUT2D eigenvalue weighted by atomic mass is 10.0. The Hall–Kier alpha value is -0.710. The first-order valence-corrected chi connectivity index (χ1v) is 6.45. The fraction of sp³-hybridized carbons (Fsp3) is 0.462. The Labute approximate surface area is 110 Å². The summed E-state index contributed by atoms with van der Waals surface area (Å²) >= 11 is 3.42. The van der Waals surface area contributed by atoms with Crippen LogP contribution in [0.4, 0.5) is 0 Å². The van der Waals surface area contributed by atoms with Crippen LogP contribution in [0.15, 0.2) is 28.7 Å². The molecule has 0 aromatic heterocycles. The van der Waals surface area contributed by atoms with Crippen molar-refractivity contribution in [2.24, 2.45) is 5.73 Å². The lowest BCUT2D eigenvalue weighted by Gasteiger charge is -2.11. The molecule has 17 heavy (non-hydrogen) atoms. The van der Waals surface area contributed by atoms with Gasteiger partial charge in [-0.05, 0) is 24.5 Å². The molecule has 0 aliphatic carbocycles. The molecule has 0 spiro atoms. The van der Waals surface area contributed by atoms with Gasteiger partial charge in [0.05, 0.1) is 6.04 Å². The fourth-order valence-electron chi connectivity index (χ4n) is 1.57. The van der Waals surface area contributed by atoms with Gasteiger partial charge in [-0.2, -0.15) is 0 Å². The molecule has 0 amide bonds. The Morgan fingerprint density at radius 2 is 2.18 bits per heavy atom. The molecule has 0 saturated carbocycles. The maximum atomic E-state index is 11.9. The highest BCUT2D eigenvalue weighted by molar-refractivity contribution is 9.10. The molecule has 1 aromatic carbocycles. The van der Waals surface area contributed by atoms with Crippen molar-refractivity contribution in [3.05, 3.63) is 34.3 Å². The Bertz CT molecular complexity index is 368. The van der Waals surface area contributed by atoms with Crippen LogP contribution < -0.4 is 5.73 Å². The number of nitrogens with two attached hydrogens (primary N) is 1. The SMILES string of the molecule is COCCCC(N)C(=O)Cc1ccccc1Br. The quantitative estimate of drug-likeness (QED) is 0.786. The summed E-state index contributed by atoms with van der Waals surface area (Å²) in [5.41, 5.74) is 6.82. The van der Waals surface area contributed by atoms with E-state index in [2.05, 4.69) is 15.9 Å². The number of hydrogen-bond donors (Lipinski definition) is 1. The molecule has 0 fully saturated rings. The summed E-state index contributed by atoms with van der Waals surface area (Å²) in [6, 6.07) is 7.32. The van der Waals surface area contributed by atoms with E-state index in [4.69, 9.17) is 10.5 Å². The van der Waals surface area contributed by atoms with E-state index in [0.29, 0.717) is 19.4 Å². The van der Waals surface area contributed by atoms with Gasteiger partial charge in [0.25, 0.3) is 0 Å². The first-order valence-electron chi connectivity index (χ1n) is 5.65. The third-order valence-electron chi connectivity index (χ3n) is 2.60. The summed E-state index contributed by atoms with van der Waals surface area (Å²) in [6.45, 7) is 0.649. The van der Waals surface area contributed by atoms with Crippen molar-refractivity contribution in [1.82, 2.24) is 0 Å². The van der Waals surface area contributed by atoms with Crippen LogP contribution in [0.5, 0.6) is 0 Å². The number of halogens is 1. The van der Waals surface area contributed by atoms with E-state index in [1.807, 2.05) is 24.3 Å². The Kier molecular flexibility index (Phi) is 6.40. The lowest BCUT2D eigenvalue weighted by Crippen LogP contribution is -2.32. The van der Waals surface area contributed by atoms with Gasteiger partial charge in [0.2, 0.25) is 0 Å². The van der Waals surface area contributed by atoms with Gasteiger partial charge in [0.15, 0.2) is 5.78 Å². The number of carbonyl (C=O) groups excluding carboxylic acids is 1. The minimum Gasteiger partial charge on any atom is -0.385 e. The summed E-state index contributed by atoms with van der Waals surface area (Å²) in [5.74, 6) is 0.0769. The third-order valence-corrected chi connectivity index (χ3v) is 3.37. The first kappa shape index (κ1) is 14.4. The van der Waals surface area contributed by atoms with E-state index in [9.17, 15) is 4.79 Å². The maximum absolute atomic E-state index is 11.9. The molecule has 1 aromatic rings. The second kappa shape index (κ2) is 7.58. The summed E-state index contributed by atoms with van der Waals surface area (Å²) < 4.78 is 5.89. The van der Waals surface area contributed by atoms with Crippen LogP contribution in [0.2, 0.25) is 0 Å². The van der Waals surface area contributed by atoms with Crippen LogP contribution in [-0.4, -0.2) is 25.5 Å². The normalized spacial score (nSPS) is 12.4. The van der Waals surface area contributed by atoms with Crippen molar-refractivity contribution in [3.8, 4) is 0 Å². The third kappa shape index (κ3) is 4.98. The van der Waals surface area contributed by atoms with Crippen LogP contribution in [0, 0.1) is 0 Å². The Morgan fingerprint density at radius 1 is 1.47 bits per heavy atom. The van der Waals surface area contributed by atoms with Crippen LogP contribution in [0.25, 0.3) is 0 Å². The average molecular weight is 300 g/mol. The molecule has 4 heteroatoms. The zero-order valence-electron chi connectivity index (χ0n) is 9.99. The fourth-order valence-corrected chi connectivity index (χ4v) is 1.99. The monoisotopic (exact) mass is 299 g/mol.